The van der Waals surface area contributed by atoms with Crippen LogP contribution >= 0.6 is 0 Å². The highest BCUT2D eigenvalue weighted by atomic mass is 16.5. The van der Waals surface area contributed by atoms with Crippen molar-refractivity contribution in [2.24, 2.45) is 0 Å². The van der Waals surface area contributed by atoms with Crippen LogP contribution in [0.4, 0.5) is 0 Å². The fourth-order valence-corrected chi connectivity index (χ4v) is 2.76. The lowest BCUT2D eigenvalue weighted by Gasteiger charge is -2.21. The van der Waals surface area contributed by atoms with E-state index in [0.29, 0.717) is 6.04 Å². The predicted octanol–water partition coefficient (Wildman–Crippen LogP) is 2.67. The smallest absolute Gasteiger partial charge is 0.154 e. The molecule has 1 fully saturated rings. The SMILES string of the molecule is CCc1ncc(CN2CCCC2c2cc(C)no2)cn1. The van der Waals surface area contributed by atoms with Gasteiger partial charge in [-0.3, -0.25) is 4.90 Å². The molecule has 2 aromatic heterocycles. The highest BCUT2D eigenvalue weighted by Gasteiger charge is 2.29. The number of aryl methyl sites for hydroxylation is 2. The van der Waals surface area contributed by atoms with E-state index in [-0.39, 0.29) is 0 Å². The van der Waals surface area contributed by atoms with Gasteiger partial charge in [-0.2, -0.15) is 0 Å². The summed E-state index contributed by atoms with van der Waals surface area (Å²) in [5.74, 6) is 1.88. The Balaban J connectivity index is 1.72. The number of hydrogen-bond donors (Lipinski definition) is 0. The molecule has 0 spiro atoms. The molecule has 0 radical (unpaired) electrons. The van der Waals surface area contributed by atoms with Crippen LogP contribution in [0.2, 0.25) is 0 Å². The van der Waals surface area contributed by atoms with Gasteiger partial charge in [0, 0.05) is 37.0 Å². The quantitative estimate of drug-likeness (QED) is 0.856. The number of rotatable bonds is 4. The molecule has 0 N–H and O–H groups in total. The zero-order chi connectivity index (χ0) is 13.9. The van der Waals surface area contributed by atoms with Gasteiger partial charge in [-0.05, 0) is 26.3 Å². The van der Waals surface area contributed by atoms with Gasteiger partial charge in [-0.1, -0.05) is 12.1 Å². The third-order valence-electron chi connectivity index (χ3n) is 3.80. The number of hydrogen-bond acceptors (Lipinski definition) is 5. The van der Waals surface area contributed by atoms with E-state index in [4.69, 9.17) is 4.52 Å². The van der Waals surface area contributed by atoms with Gasteiger partial charge in [0.05, 0.1) is 11.7 Å². The van der Waals surface area contributed by atoms with Gasteiger partial charge in [0.15, 0.2) is 5.76 Å². The minimum absolute atomic E-state index is 0.335. The summed E-state index contributed by atoms with van der Waals surface area (Å²) in [6.07, 6.45) is 7.07. The van der Waals surface area contributed by atoms with Gasteiger partial charge in [-0.25, -0.2) is 9.97 Å². The largest absolute Gasteiger partial charge is 0.359 e. The van der Waals surface area contributed by atoms with Crippen molar-refractivity contribution in [2.75, 3.05) is 6.54 Å². The second-order valence-electron chi connectivity index (χ2n) is 5.36. The number of likely N-dealkylation sites (tertiary alicyclic amines) is 1. The zero-order valence-corrected chi connectivity index (χ0v) is 12.0. The van der Waals surface area contributed by atoms with Crippen LogP contribution in [0.5, 0.6) is 0 Å². The van der Waals surface area contributed by atoms with Crippen LogP contribution in [-0.4, -0.2) is 26.6 Å². The van der Waals surface area contributed by atoms with Crippen molar-refractivity contribution < 1.29 is 4.52 Å². The molecule has 3 heterocycles. The Kier molecular flexibility index (Phi) is 3.78. The highest BCUT2D eigenvalue weighted by molar-refractivity contribution is 5.12. The van der Waals surface area contributed by atoms with Gasteiger partial charge in [0.1, 0.15) is 5.82 Å². The van der Waals surface area contributed by atoms with E-state index >= 15 is 0 Å². The molecule has 1 aliphatic rings. The van der Waals surface area contributed by atoms with Crippen molar-refractivity contribution in [3.63, 3.8) is 0 Å². The first-order valence-electron chi connectivity index (χ1n) is 7.23. The van der Waals surface area contributed by atoms with Crippen molar-refractivity contribution in [1.82, 2.24) is 20.0 Å². The molecule has 0 bridgehead atoms. The Morgan fingerprint density at radius 3 is 2.80 bits per heavy atom. The second kappa shape index (κ2) is 5.71. The summed E-state index contributed by atoms with van der Waals surface area (Å²) < 4.78 is 5.43. The highest BCUT2D eigenvalue weighted by Crippen LogP contribution is 2.33. The van der Waals surface area contributed by atoms with Crippen LogP contribution in [0, 0.1) is 6.92 Å². The van der Waals surface area contributed by atoms with Gasteiger partial charge < -0.3 is 4.52 Å². The average molecular weight is 272 g/mol. The number of aromatic nitrogens is 3. The summed E-state index contributed by atoms with van der Waals surface area (Å²) in [6.45, 7) is 5.98. The normalized spacial score (nSPS) is 19.6. The van der Waals surface area contributed by atoms with Crippen LogP contribution in [-0.2, 0) is 13.0 Å². The lowest BCUT2D eigenvalue weighted by Crippen LogP contribution is -2.22. The lowest BCUT2D eigenvalue weighted by atomic mass is 10.1. The fourth-order valence-electron chi connectivity index (χ4n) is 2.76. The molecule has 0 aromatic carbocycles. The molecule has 20 heavy (non-hydrogen) atoms. The Morgan fingerprint density at radius 2 is 2.15 bits per heavy atom. The maximum absolute atomic E-state index is 5.43. The third kappa shape index (κ3) is 2.72. The van der Waals surface area contributed by atoms with Gasteiger partial charge >= 0.3 is 0 Å². The van der Waals surface area contributed by atoms with E-state index in [0.717, 1.165) is 48.8 Å². The molecule has 106 valence electrons. The number of nitrogens with zero attached hydrogens (tertiary/aromatic N) is 4. The average Bonchev–Trinajstić information content (AvgIpc) is 3.08. The monoisotopic (exact) mass is 272 g/mol. The molecule has 5 heteroatoms. The van der Waals surface area contributed by atoms with Crippen molar-refractivity contribution >= 4 is 0 Å². The maximum Gasteiger partial charge on any atom is 0.154 e. The summed E-state index contributed by atoms with van der Waals surface area (Å²) in [4.78, 5) is 11.2. The Hall–Kier alpha value is -1.75. The van der Waals surface area contributed by atoms with Crippen molar-refractivity contribution in [3.8, 4) is 0 Å². The minimum Gasteiger partial charge on any atom is -0.359 e. The van der Waals surface area contributed by atoms with Crippen LogP contribution in [0.1, 0.15) is 48.6 Å². The van der Waals surface area contributed by atoms with E-state index in [1.807, 2.05) is 25.4 Å². The van der Waals surface area contributed by atoms with E-state index in [9.17, 15) is 0 Å². The minimum atomic E-state index is 0.335. The molecule has 5 nitrogen and oxygen atoms in total. The first kappa shape index (κ1) is 13.2. The zero-order valence-electron chi connectivity index (χ0n) is 12.0. The summed E-state index contributed by atoms with van der Waals surface area (Å²) >= 11 is 0. The molecular weight excluding hydrogens is 252 g/mol. The molecule has 1 aliphatic heterocycles. The summed E-state index contributed by atoms with van der Waals surface area (Å²) in [6, 6.07) is 2.38. The van der Waals surface area contributed by atoms with Crippen LogP contribution in [0.25, 0.3) is 0 Å². The first-order valence-corrected chi connectivity index (χ1v) is 7.23. The van der Waals surface area contributed by atoms with E-state index in [2.05, 4.69) is 26.9 Å². The predicted molar refractivity (Wildman–Crippen MR) is 75.0 cm³/mol. The lowest BCUT2D eigenvalue weighted by molar-refractivity contribution is 0.206. The Bertz CT molecular complexity index is 564. The van der Waals surface area contributed by atoms with Crippen LogP contribution < -0.4 is 0 Å². The summed E-state index contributed by atoms with van der Waals surface area (Å²) in [5, 5.41) is 4.00. The first-order chi connectivity index (χ1) is 9.76. The molecule has 0 amide bonds. The van der Waals surface area contributed by atoms with Gasteiger partial charge in [-0.15, -0.1) is 0 Å². The molecular formula is C15H20N4O. The molecule has 1 unspecified atom stereocenters. The topological polar surface area (TPSA) is 55.1 Å². The fraction of sp³-hybridized carbons (Fsp3) is 0.533. The van der Waals surface area contributed by atoms with Gasteiger partial charge in [0.2, 0.25) is 0 Å². The summed E-state index contributed by atoms with van der Waals surface area (Å²) in [5.41, 5.74) is 2.10. The van der Waals surface area contributed by atoms with E-state index < -0.39 is 0 Å². The van der Waals surface area contributed by atoms with Crippen LogP contribution in [0.15, 0.2) is 23.0 Å². The molecule has 0 saturated carbocycles. The van der Waals surface area contributed by atoms with Crippen LogP contribution in [0.3, 0.4) is 0 Å². The van der Waals surface area contributed by atoms with E-state index in [1.165, 1.54) is 6.42 Å². The summed E-state index contributed by atoms with van der Waals surface area (Å²) in [7, 11) is 0. The molecule has 1 saturated heterocycles. The molecule has 0 aliphatic carbocycles. The molecule has 3 rings (SSSR count). The molecule has 1 atom stereocenters. The maximum atomic E-state index is 5.43. The van der Waals surface area contributed by atoms with Crippen molar-refractivity contribution in [1.29, 1.82) is 0 Å². The Labute approximate surface area is 119 Å². The Morgan fingerprint density at radius 1 is 1.35 bits per heavy atom. The molecule has 2 aromatic rings. The van der Waals surface area contributed by atoms with E-state index in [1.54, 1.807) is 0 Å². The second-order valence-corrected chi connectivity index (χ2v) is 5.36. The van der Waals surface area contributed by atoms with Gasteiger partial charge in [0.25, 0.3) is 0 Å². The van der Waals surface area contributed by atoms with Crippen molar-refractivity contribution in [3.05, 3.63) is 41.3 Å². The van der Waals surface area contributed by atoms with Crippen molar-refractivity contribution in [2.45, 2.75) is 45.7 Å². The standard InChI is InChI=1S/C15H20N4O/c1-3-15-16-8-12(9-17-15)10-19-6-4-5-13(19)14-7-11(2)18-20-14/h7-9,13H,3-6,10H2,1-2H3. The third-order valence-corrected chi connectivity index (χ3v) is 3.80.